The van der Waals surface area contributed by atoms with Gasteiger partial charge in [0, 0.05) is 10.7 Å². The zero-order valence-corrected chi connectivity index (χ0v) is 14.9. The van der Waals surface area contributed by atoms with Crippen molar-refractivity contribution in [1.29, 1.82) is 0 Å². The molecule has 2 aromatic rings. The zero-order chi connectivity index (χ0) is 18.6. The molecular formula is C18H19ClN2O4. The molecule has 0 unspecified atom stereocenters. The van der Waals surface area contributed by atoms with E-state index in [1.54, 1.807) is 43.3 Å². The van der Waals surface area contributed by atoms with E-state index in [1.165, 1.54) is 14.0 Å². The molecule has 0 bridgehead atoms. The van der Waals surface area contributed by atoms with Gasteiger partial charge in [-0.3, -0.25) is 4.79 Å². The van der Waals surface area contributed by atoms with Crippen LogP contribution in [0.4, 0.5) is 11.4 Å². The van der Waals surface area contributed by atoms with Gasteiger partial charge in [0.05, 0.1) is 18.4 Å². The Labute approximate surface area is 150 Å². The van der Waals surface area contributed by atoms with Crippen LogP contribution in [0.5, 0.6) is 5.75 Å². The van der Waals surface area contributed by atoms with Crippen LogP contribution < -0.4 is 15.8 Å². The molecule has 0 fully saturated rings. The number of hydrogen-bond acceptors (Lipinski definition) is 5. The number of benzene rings is 2. The smallest absolute Gasteiger partial charge is 0.341 e. The van der Waals surface area contributed by atoms with Gasteiger partial charge < -0.3 is 20.5 Å². The SMILES string of the molecule is COc1ccc(Cl)cc1NC(=O)[C@H](C)OC(=O)c1cccc(C)c1N. The van der Waals surface area contributed by atoms with Crippen LogP contribution in [0.2, 0.25) is 5.02 Å². The van der Waals surface area contributed by atoms with Gasteiger partial charge in [0.15, 0.2) is 6.10 Å². The molecule has 0 aliphatic carbocycles. The van der Waals surface area contributed by atoms with Crippen molar-refractivity contribution in [2.75, 3.05) is 18.2 Å². The number of carbonyl (C=O) groups excluding carboxylic acids is 2. The maximum absolute atomic E-state index is 12.3. The van der Waals surface area contributed by atoms with Crippen LogP contribution in [0.25, 0.3) is 0 Å². The number of methoxy groups -OCH3 is 1. The maximum Gasteiger partial charge on any atom is 0.341 e. The predicted octanol–water partition coefficient (Wildman–Crippen LogP) is 3.42. The summed E-state index contributed by atoms with van der Waals surface area (Å²) in [6.45, 7) is 3.25. The molecule has 7 heteroatoms. The van der Waals surface area contributed by atoms with Crippen LogP contribution in [0.15, 0.2) is 36.4 Å². The van der Waals surface area contributed by atoms with Crippen molar-refractivity contribution < 1.29 is 19.1 Å². The lowest BCUT2D eigenvalue weighted by atomic mass is 10.1. The molecule has 0 saturated heterocycles. The van der Waals surface area contributed by atoms with E-state index in [0.717, 1.165) is 5.56 Å². The molecule has 3 N–H and O–H groups in total. The van der Waals surface area contributed by atoms with Crippen molar-refractivity contribution in [1.82, 2.24) is 0 Å². The van der Waals surface area contributed by atoms with Crippen molar-refractivity contribution in [3.05, 3.63) is 52.5 Å². The lowest BCUT2D eigenvalue weighted by Gasteiger charge is -2.16. The van der Waals surface area contributed by atoms with Gasteiger partial charge in [-0.05, 0) is 43.7 Å². The Morgan fingerprint density at radius 2 is 1.96 bits per heavy atom. The van der Waals surface area contributed by atoms with Crippen LogP contribution in [-0.2, 0) is 9.53 Å². The third kappa shape index (κ3) is 4.42. The number of carbonyl (C=O) groups is 2. The van der Waals surface area contributed by atoms with Crippen molar-refractivity contribution in [2.45, 2.75) is 20.0 Å². The van der Waals surface area contributed by atoms with Gasteiger partial charge in [-0.1, -0.05) is 23.7 Å². The number of para-hydroxylation sites is 1. The quantitative estimate of drug-likeness (QED) is 0.628. The number of hydrogen-bond donors (Lipinski definition) is 2. The number of amides is 1. The van der Waals surface area contributed by atoms with E-state index in [0.29, 0.717) is 22.1 Å². The number of anilines is 2. The fourth-order valence-electron chi connectivity index (χ4n) is 2.15. The first-order valence-electron chi connectivity index (χ1n) is 7.54. The van der Waals surface area contributed by atoms with Crippen LogP contribution in [-0.4, -0.2) is 25.1 Å². The Hall–Kier alpha value is -2.73. The third-order valence-electron chi connectivity index (χ3n) is 3.62. The van der Waals surface area contributed by atoms with E-state index in [-0.39, 0.29) is 5.56 Å². The van der Waals surface area contributed by atoms with Gasteiger partial charge in [0.2, 0.25) is 0 Å². The van der Waals surface area contributed by atoms with E-state index in [1.807, 2.05) is 0 Å². The van der Waals surface area contributed by atoms with Crippen LogP contribution in [0.1, 0.15) is 22.8 Å². The molecule has 25 heavy (non-hydrogen) atoms. The minimum atomic E-state index is -1.03. The Balaban J connectivity index is 2.09. The molecule has 0 radical (unpaired) electrons. The Morgan fingerprint density at radius 3 is 2.64 bits per heavy atom. The molecule has 0 saturated carbocycles. The summed E-state index contributed by atoms with van der Waals surface area (Å²) in [7, 11) is 1.48. The summed E-state index contributed by atoms with van der Waals surface area (Å²) >= 11 is 5.93. The summed E-state index contributed by atoms with van der Waals surface area (Å²) in [6.07, 6.45) is -1.03. The average molecular weight is 363 g/mol. The van der Waals surface area contributed by atoms with E-state index in [2.05, 4.69) is 5.32 Å². The normalized spacial score (nSPS) is 11.5. The standard InChI is InChI=1S/C18H19ClN2O4/c1-10-5-4-6-13(16(10)20)18(23)25-11(2)17(22)21-14-9-12(19)7-8-15(14)24-3/h4-9,11H,20H2,1-3H3,(H,21,22)/t11-/m0/s1. The molecule has 2 aromatic carbocycles. The number of aryl methyl sites for hydroxylation is 1. The monoisotopic (exact) mass is 362 g/mol. The molecule has 1 amide bonds. The van der Waals surface area contributed by atoms with Gasteiger partial charge in [0.1, 0.15) is 5.75 Å². The summed E-state index contributed by atoms with van der Waals surface area (Å²) in [5.41, 5.74) is 7.58. The van der Waals surface area contributed by atoms with Gasteiger partial charge in [-0.15, -0.1) is 0 Å². The molecule has 1 atom stereocenters. The number of halogens is 1. The summed E-state index contributed by atoms with van der Waals surface area (Å²) in [6, 6.07) is 9.85. The Kier molecular flexibility index (Phi) is 5.88. The number of nitrogens with two attached hydrogens (primary N) is 1. The molecule has 132 valence electrons. The van der Waals surface area contributed by atoms with Crippen molar-refractivity contribution >= 4 is 34.9 Å². The van der Waals surface area contributed by atoms with Crippen molar-refractivity contribution in [3.63, 3.8) is 0 Å². The molecule has 2 rings (SSSR count). The first-order valence-corrected chi connectivity index (χ1v) is 7.91. The largest absolute Gasteiger partial charge is 0.495 e. The second-order valence-electron chi connectivity index (χ2n) is 5.42. The van der Waals surface area contributed by atoms with Gasteiger partial charge in [-0.25, -0.2) is 4.79 Å². The summed E-state index contributed by atoms with van der Waals surface area (Å²) < 4.78 is 10.4. The maximum atomic E-state index is 12.3. The van der Waals surface area contributed by atoms with Crippen LogP contribution >= 0.6 is 11.6 Å². The minimum absolute atomic E-state index is 0.222. The number of esters is 1. The summed E-state index contributed by atoms with van der Waals surface area (Å²) in [4.78, 5) is 24.5. The lowest BCUT2D eigenvalue weighted by Crippen LogP contribution is -2.30. The fraction of sp³-hybridized carbons (Fsp3) is 0.222. The zero-order valence-electron chi connectivity index (χ0n) is 14.1. The highest BCUT2D eigenvalue weighted by atomic mass is 35.5. The third-order valence-corrected chi connectivity index (χ3v) is 3.85. The van der Waals surface area contributed by atoms with Crippen LogP contribution in [0, 0.1) is 6.92 Å². The number of ether oxygens (including phenoxy) is 2. The first kappa shape index (κ1) is 18.6. The van der Waals surface area contributed by atoms with E-state index in [9.17, 15) is 9.59 Å². The van der Waals surface area contributed by atoms with Crippen molar-refractivity contribution in [3.8, 4) is 5.75 Å². The molecule has 0 aromatic heterocycles. The molecule has 0 aliphatic heterocycles. The second-order valence-corrected chi connectivity index (χ2v) is 5.85. The van der Waals surface area contributed by atoms with E-state index < -0.39 is 18.0 Å². The van der Waals surface area contributed by atoms with Gasteiger partial charge in [0.25, 0.3) is 5.91 Å². The first-order chi connectivity index (χ1) is 11.8. The number of nitrogens with one attached hydrogen (secondary N) is 1. The summed E-state index contributed by atoms with van der Waals surface area (Å²) in [5.74, 6) is -0.735. The van der Waals surface area contributed by atoms with Crippen LogP contribution in [0.3, 0.4) is 0 Å². The Morgan fingerprint density at radius 1 is 1.24 bits per heavy atom. The molecule has 6 nitrogen and oxygen atoms in total. The summed E-state index contributed by atoms with van der Waals surface area (Å²) in [5, 5.41) is 3.07. The number of nitrogen functional groups attached to an aromatic ring is 1. The highest BCUT2D eigenvalue weighted by molar-refractivity contribution is 6.31. The average Bonchev–Trinajstić information content (AvgIpc) is 2.57. The van der Waals surface area contributed by atoms with Crippen molar-refractivity contribution in [2.24, 2.45) is 0 Å². The van der Waals surface area contributed by atoms with Gasteiger partial charge >= 0.3 is 5.97 Å². The molecule has 0 heterocycles. The van der Waals surface area contributed by atoms with Gasteiger partial charge in [-0.2, -0.15) is 0 Å². The highest BCUT2D eigenvalue weighted by Crippen LogP contribution is 2.28. The second kappa shape index (κ2) is 7.90. The molecule has 0 spiro atoms. The Bertz CT molecular complexity index is 808. The predicted molar refractivity (Wildman–Crippen MR) is 97.1 cm³/mol. The number of rotatable bonds is 5. The molecular weight excluding hydrogens is 344 g/mol. The fourth-order valence-corrected chi connectivity index (χ4v) is 2.32. The molecule has 0 aliphatic rings. The lowest BCUT2D eigenvalue weighted by molar-refractivity contribution is -0.123. The topological polar surface area (TPSA) is 90.6 Å². The van der Waals surface area contributed by atoms with E-state index >= 15 is 0 Å². The minimum Gasteiger partial charge on any atom is -0.495 e. The van der Waals surface area contributed by atoms with E-state index in [4.69, 9.17) is 26.8 Å². The highest BCUT2D eigenvalue weighted by Gasteiger charge is 2.21.